The minimum atomic E-state index is -4.53. The van der Waals surface area contributed by atoms with Gasteiger partial charge >= 0.3 is 12.2 Å². The van der Waals surface area contributed by atoms with Crippen LogP contribution < -0.4 is 10.1 Å². The van der Waals surface area contributed by atoms with E-state index in [1.165, 1.54) is 25.1 Å². The summed E-state index contributed by atoms with van der Waals surface area (Å²) in [5, 5.41) is 6.06. The molecule has 0 fully saturated rings. The summed E-state index contributed by atoms with van der Waals surface area (Å²) in [7, 11) is 0. The van der Waals surface area contributed by atoms with Crippen LogP contribution in [-0.2, 0) is 6.18 Å². The minimum Gasteiger partial charge on any atom is -0.438 e. The van der Waals surface area contributed by atoms with E-state index in [2.05, 4.69) is 10.4 Å². The molecule has 1 heterocycles. The van der Waals surface area contributed by atoms with Crippen LogP contribution in [0.5, 0.6) is 11.6 Å². The number of anilines is 1. The highest BCUT2D eigenvalue weighted by Gasteiger charge is 2.30. The molecule has 0 spiro atoms. The largest absolute Gasteiger partial charge is 0.438 e. The summed E-state index contributed by atoms with van der Waals surface area (Å²) in [6.07, 6.45) is -4.53. The van der Waals surface area contributed by atoms with Gasteiger partial charge in [-0.3, -0.25) is 0 Å². The third-order valence-corrected chi connectivity index (χ3v) is 3.61. The summed E-state index contributed by atoms with van der Waals surface area (Å²) < 4.78 is 71.0. The molecule has 146 valence electrons. The molecule has 0 aliphatic rings. The van der Waals surface area contributed by atoms with Gasteiger partial charge in [0.05, 0.1) is 16.9 Å². The van der Waals surface area contributed by atoms with Gasteiger partial charge in [0.1, 0.15) is 17.4 Å². The van der Waals surface area contributed by atoms with Crippen LogP contribution in [0.1, 0.15) is 11.3 Å². The van der Waals surface area contributed by atoms with Gasteiger partial charge in [0, 0.05) is 12.1 Å². The Morgan fingerprint density at radius 2 is 1.86 bits per heavy atom. The molecule has 0 unspecified atom stereocenters. The van der Waals surface area contributed by atoms with Crippen LogP contribution in [0.4, 0.5) is 32.4 Å². The molecule has 0 aliphatic carbocycles. The quantitative estimate of drug-likeness (QED) is 0.606. The molecule has 1 aromatic heterocycles. The number of amides is 1. The van der Waals surface area contributed by atoms with Crippen molar-refractivity contribution in [2.75, 3.05) is 5.32 Å². The fraction of sp³-hybridized carbons (Fsp3) is 0.111. The Kier molecular flexibility index (Phi) is 5.04. The number of hydrogen-bond donors (Lipinski definition) is 1. The first kappa shape index (κ1) is 19.3. The second kappa shape index (κ2) is 7.29. The minimum absolute atomic E-state index is 0.121. The first-order chi connectivity index (χ1) is 13.1. The zero-order valence-corrected chi connectivity index (χ0v) is 14.2. The lowest BCUT2D eigenvalue weighted by atomic mass is 10.2. The van der Waals surface area contributed by atoms with Crippen LogP contribution in [0.3, 0.4) is 0 Å². The third kappa shape index (κ3) is 4.27. The third-order valence-electron chi connectivity index (χ3n) is 3.61. The van der Waals surface area contributed by atoms with E-state index >= 15 is 0 Å². The number of aryl methyl sites for hydroxylation is 1. The number of halogens is 5. The van der Waals surface area contributed by atoms with E-state index < -0.39 is 29.4 Å². The van der Waals surface area contributed by atoms with Crippen molar-refractivity contribution in [1.82, 2.24) is 9.78 Å². The van der Waals surface area contributed by atoms with Crippen molar-refractivity contribution in [2.24, 2.45) is 0 Å². The number of carbonyl (C=O) groups excluding carboxylic acids is 1. The summed E-state index contributed by atoms with van der Waals surface area (Å²) >= 11 is 0. The zero-order valence-electron chi connectivity index (χ0n) is 14.2. The van der Waals surface area contributed by atoms with Crippen LogP contribution >= 0.6 is 0 Å². The Balaban J connectivity index is 1.78. The van der Waals surface area contributed by atoms with Crippen molar-refractivity contribution in [3.8, 4) is 11.6 Å². The van der Waals surface area contributed by atoms with Crippen molar-refractivity contribution in [2.45, 2.75) is 13.1 Å². The van der Waals surface area contributed by atoms with Crippen LogP contribution in [-0.4, -0.2) is 15.8 Å². The van der Waals surface area contributed by atoms with Crippen LogP contribution in [0.15, 0.2) is 48.5 Å². The smallest absolute Gasteiger partial charge is 0.416 e. The highest BCUT2D eigenvalue weighted by molar-refractivity contribution is 5.91. The van der Waals surface area contributed by atoms with Crippen molar-refractivity contribution in [3.63, 3.8) is 0 Å². The summed E-state index contributed by atoms with van der Waals surface area (Å²) in [5.74, 6) is -2.03. The molecule has 0 saturated heterocycles. The molecule has 0 bridgehead atoms. The Labute approximate surface area is 155 Å². The zero-order chi connectivity index (χ0) is 20.5. The van der Waals surface area contributed by atoms with Crippen molar-refractivity contribution >= 4 is 11.7 Å². The number of nitrogens with one attached hydrogen (secondary N) is 1. The summed E-state index contributed by atoms with van der Waals surface area (Å²) in [5.41, 5.74) is -0.880. The fourth-order valence-corrected chi connectivity index (χ4v) is 2.32. The Morgan fingerprint density at radius 3 is 2.54 bits per heavy atom. The van der Waals surface area contributed by atoms with Crippen LogP contribution in [0.2, 0.25) is 0 Å². The first-order valence-corrected chi connectivity index (χ1v) is 7.81. The van der Waals surface area contributed by atoms with Gasteiger partial charge in [0.2, 0.25) is 5.88 Å². The lowest BCUT2D eigenvalue weighted by molar-refractivity contribution is -0.137. The molecule has 3 aromatic rings. The van der Waals surface area contributed by atoms with Crippen LogP contribution in [0, 0.1) is 18.6 Å². The maximum absolute atomic E-state index is 13.7. The van der Waals surface area contributed by atoms with E-state index in [9.17, 15) is 26.7 Å². The van der Waals surface area contributed by atoms with Gasteiger partial charge < -0.3 is 10.1 Å². The number of hydrogen-bond acceptors (Lipinski definition) is 3. The van der Waals surface area contributed by atoms with E-state index in [0.29, 0.717) is 6.07 Å². The predicted molar refractivity (Wildman–Crippen MR) is 89.3 cm³/mol. The first-order valence-electron chi connectivity index (χ1n) is 7.81. The number of aromatic nitrogens is 2. The number of benzene rings is 2. The average molecular weight is 397 g/mol. The number of rotatable bonds is 3. The summed E-state index contributed by atoms with van der Waals surface area (Å²) in [4.78, 5) is 12.2. The van der Waals surface area contributed by atoms with Gasteiger partial charge in [-0.05, 0) is 37.3 Å². The molecule has 1 N–H and O–H groups in total. The Bertz CT molecular complexity index is 1030. The normalized spacial score (nSPS) is 11.4. The molecular formula is C18H12F5N3O2. The number of alkyl halides is 3. The maximum atomic E-state index is 13.7. The van der Waals surface area contributed by atoms with E-state index in [0.717, 1.165) is 28.9 Å². The predicted octanol–water partition coefficient (Wildman–Crippen LogP) is 5.36. The average Bonchev–Trinajstić information content (AvgIpc) is 2.97. The van der Waals surface area contributed by atoms with Gasteiger partial charge in [0.25, 0.3) is 0 Å². The number of ether oxygens (including phenoxy) is 1. The molecular weight excluding hydrogens is 385 g/mol. The molecule has 5 nitrogen and oxygen atoms in total. The topological polar surface area (TPSA) is 56.2 Å². The van der Waals surface area contributed by atoms with E-state index in [-0.39, 0.29) is 23.0 Å². The summed E-state index contributed by atoms with van der Waals surface area (Å²) in [6.45, 7) is 1.49. The molecule has 1 amide bonds. The molecule has 28 heavy (non-hydrogen) atoms. The van der Waals surface area contributed by atoms with E-state index in [1.54, 1.807) is 0 Å². The lowest BCUT2D eigenvalue weighted by Crippen LogP contribution is -2.22. The molecule has 0 radical (unpaired) electrons. The van der Waals surface area contributed by atoms with Gasteiger partial charge in [-0.2, -0.15) is 17.9 Å². The summed E-state index contributed by atoms with van der Waals surface area (Å²) in [6, 6.07) is 7.24. The van der Waals surface area contributed by atoms with E-state index in [4.69, 9.17) is 4.74 Å². The van der Waals surface area contributed by atoms with E-state index in [1.807, 2.05) is 0 Å². The highest BCUT2D eigenvalue weighted by atomic mass is 19.4. The fourth-order valence-electron chi connectivity index (χ4n) is 2.32. The Morgan fingerprint density at radius 1 is 1.11 bits per heavy atom. The lowest BCUT2D eigenvalue weighted by Gasteiger charge is -2.08. The SMILES string of the molecule is Cc1cc(Oc2cccc(C(F)(F)F)c2)nn1C(=O)Nc1ccc(F)cc1F. The Hall–Kier alpha value is -3.43. The van der Waals surface area contributed by atoms with Crippen LogP contribution in [0.25, 0.3) is 0 Å². The van der Waals surface area contributed by atoms with Gasteiger partial charge in [0.15, 0.2) is 0 Å². The van der Waals surface area contributed by atoms with Crippen molar-refractivity contribution in [3.05, 3.63) is 71.4 Å². The van der Waals surface area contributed by atoms with Crippen molar-refractivity contribution in [1.29, 1.82) is 0 Å². The second-order valence-corrected chi connectivity index (χ2v) is 5.72. The van der Waals surface area contributed by atoms with Gasteiger partial charge in [-0.25, -0.2) is 13.6 Å². The molecule has 0 saturated carbocycles. The molecule has 0 atom stereocenters. The number of carbonyl (C=O) groups is 1. The van der Waals surface area contributed by atoms with Crippen molar-refractivity contribution < 1.29 is 31.5 Å². The molecule has 0 aliphatic heterocycles. The molecule has 3 rings (SSSR count). The van der Waals surface area contributed by atoms with Gasteiger partial charge in [-0.15, -0.1) is 5.10 Å². The molecule has 2 aromatic carbocycles. The standard InChI is InChI=1S/C18H12F5N3O2/c1-10-7-16(28-13-4-2-3-11(8-13)18(21,22)23)25-26(10)17(27)24-15-6-5-12(19)9-14(15)20/h2-9H,1H3,(H,24,27). The van der Waals surface area contributed by atoms with Gasteiger partial charge in [-0.1, -0.05) is 6.07 Å². The monoisotopic (exact) mass is 397 g/mol. The highest BCUT2D eigenvalue weighted by Crippen LogP contribution is 2.32. The number of nitrogens with zero attached hydrogens (tertiary/aromatic N) is 2. The maximum Gasteiger partial charge on any atom is 0.416 e. The second-order valence-electron chi connectivity index (χ2n) is 5.72. The molecule has 10 heteroatoms.